The minimum Gasteiger partial charge on any atom is -0.450 e. The lowest BCUT2D eigenvalue weighted by Crippen LogP contribution is -2.23. The van der Waals surface area contributed by atoms with Gasteiger partial charge in [-0.2, -0.15) is 0 Å². The van der Waals surface area contributed by atoms with Gasteiger partial charge >= 0.3 is 5.97 Å². The van der Waals surface area contributed by atoms with Gasteiger partial charge in [-0.25, -0.2) is 4.79 Å². The van der Waals surface area contributed by atoms with Crippen LogP contribution in [0.15, 0.2) is 24.3 Å². The van der Waals surface area contributed by atoms with E-state index in [-0.39, 0.29) is 11.7 Å². The molecule has 0 saturated carbocycles. The summed E-state index contributed by atoms with van der Waals surface area (Å²) in [5.74, 6) is -0.985. The van der Waals surface area contributed by atoms with Crippen LogP contribution in [0.3, 0.4) is 0 Å². The highest BCUT2D eigenvalue weighted by molar-refractivity contribution is 7.17. The van der Waals surface area contributed by atoms with Crippen LogP contribution in [0.2, 0.25) is 4.34 Å². The summed E-state index contributed by atoms with van der Waals surface area (Å²) in [6.07, 6.45) is -0.893. The van der Waals surface area contributed by atoms with Crippen LogP contribution >= 0.6 is 34.3 Å². The number of halogens is 1. The third-order valence-corrected chi connectivity index (χ3v) is 5.15. The molecule has 0 radical (unpaired) electrons. The van der Waals surface area contributed by atoms with Crippen molar-refractivity contribution in [1.82, 2.24) is 5.32 Å². The van der Waals surface area contributed by atoms with Gasteiger partial charge in [-0.1, -0.05) is 11.6 Å². The molecule has 1 N–H and O–H groups in total. The molecule has 8 heteroatoms. The standard InChI is InChI=1S/C15H14ClNO4S2/c1-8(21-15(20)12-5-6-13(16)23-12)14(19)11-4-3-10(22-11)7-17-9(2)18/h3-6,8H,7H2,1-2H3,(H,17,18). The Morgan fingerprint density at radius 2 is 1.87 bits per heavy atom. The topological polar surface area (TPSA) is 72.5 Å². The Bertz CT molecular complexity index is 737. The van der Waals surface area contributed by atoms with Crippen LogP contribution in [0.5, 0.6) is 0 Å². The van der Waals surface area contributed by atoms with E-state index in [1.54, 1.807) is 24.3 Å². The van der Waals surface area contributed by atoms with E-state index in [9.17, 15) is 14.4 Å². The van der Waals surface area contributed by atoms with Gasteiger partial charge in [0, 0.05) is 11.8 Å². The number of rotatable bonds is 6. The monoisotopic (exact) mass is 371 g/mol. The molecule has 0 saturated heterocycles. The van der Waals surface area contributed by atoms with Gasteiger partial charge in [-0.15, -0.1) is 22.7 Å². The Morgan fingerprint density at radius 1 is 1.17 bits per heavy atom. The summed E-state index contributed by atoms with van der Waals surface area (Å²) in [4.78, 5) is 36.8. The van der Waals surface area contributed by atoms with Gasteiger partial charge in [-0.3, -0.25) is 9.59 Å². The number of nitrogens with one attached hydrogen (secondary N) is 1. The Morgan fingerprint density at radius 3 is 2.48 bits per heavy atom. The second-order valence-electron chi connectivity index (χ2n) is 4.69. The molecule has 2 aromatic heterocycles. The van der Waals surface area contributed by atoms with Crippen molar-refractivity contribution in [1.29, 1.82) is 0 Å². The van der Waals surface area contributed by atoms with Gasteiger partial charge in [0.25, 0.3) is 0 Å². The van der Waals surface area contributed by atoms with Gasteiger partial charge in [0.15, 0.2) is 6.10 Å². The van der Waals surface area contributed by atoms with Crippen LogP contribution in [-0.2, 0) is 16.1 Å². The van der Waals surface area contributed by atoms with E-state index in [0.29, 0.717) is 20.6 Å². The Balaban J connectivity index is 1.96. The maximum absolute atomic E-state index is 12.3. The molecule has 0 fully saturated rings. The van der Waals surface area contributed by atoms with E-state index in [4.69, 9.17) is 16.3 Å². The molecule has 0 bridgehead atoms. The summed E-state index contributed by atoms with van der Waals surface area (Å²) >= 11 is 8.13. The van der Waals surface area contributed by atoms with Crippen LogP contribution in [0.1, 0.15) is 38.1 Å². The molecule has 23 heavy (non-hydrogen) atoms. The molecule has 0 spiro atoms. The lowest BCUT2D eigenvalue weighted by atomic mass is 10.2. The van der Waals surface area contributed by atoms with E-state index < -0.39 is 12.1 Å². The summed E-state index contributed by atoms with van der Waals surface area (Å²) in [5, 5.41) is 2.66. The first-order valence-electron chi connectivity index (χ1n) is 6.70. The van der Waals surface area contributed by atoms with E-state index >= 15 is 0 Å². The lowest BCUT2D eigenvalue weighted by Gasteiger charge is -2.10. The van der Waals surface area contributed by atoms with Crippen LogP contribution in [-0.4, -0.2) is 23.8 Å². The third-order valence-electron chi connectivity index (χ3n) is 2.84. The maximum atomic E-state index is 12.3. The minimum absolute atomic E-state index is 0.136. The molecule has 0 aliphatic carbocycles. The van der Waals surface area contributed by atoms with Crippen LogP contribution in [0.25, 0.3) is 0 Å². The van der Waals surface area contributed by atoms with Gasteiger partial charge in [0.05, 0.1) is 15.8 Å². The van der Waals surface area contributed by atoms with Crippen LogP contribution in [0, 0.1) is 0 Å². The Labute approximate surface area is 146 Å². The second-order valence-corrected chi connectivity index (χ2v) is 7.57. The molecule has 1 atom stereocenters. The Hall–Kier alpha value is -1.70. The summed E-state index contributed by atoms with van der Waals surface area (Å²) in [5.41, 5.74) is 0. The smallest absolute Gasteiger partial charge is 0.349 e. The highest BCUT2D eigenvalue weighted by Gasteiger charge is 2.22. The molecule has 0 aliphatic heterocycles. The fourth-order valence-corrected chi connectivity index (χ4v) is 3.61. The molecular weight excluding hydrogens is 358 g/mol. The second kappa shape index (κ2) is 7.72. The first kappa shape index (κ1) is 17.7. The number of esters is 1. The van der Waals surface area contributed by atoms with Crippen LogP contribution < -0.4 is 5.32 Å². The molecule has 122 valence electrons. The molecule has 2 rings (SSSR count). The number of hydrogen-bond acceptors (Lipinski definition) is 6. The number of carbonyl (C=O) groups is 3. The average molecular weight is 372 g/mol. The largest absolute Gasteiger partial charge is 0.450 e. The quantitative estimate of drug-likeness (QED) is 0.622. The SMILES string of the molecule is CC(=O)NCc1ccc(C(=O)C(C)OC(=O)c2ccc(Cl)s2)s1. The van der Waals surface area contributed by atoms with Crippen molar-refractivity contribution in [3.8, 4) is 0 Å². The van der Waals surface area contributed by atoms with Crippen molar-refractivity contribution in [3.63, 3.8) is 0 Å². The maximum Gasteiger partial charge on any atom is 0.349 e. The van der Waals surface area contributed by atoms with Gasteiger partial charge in [-0.05, 0) is 31.2 Å². The van der Waals surface area contributed by atoms with Gasteiger partial charge in [0.1, 0.15) is 4.88 Å². The molecule has 0 aliphatic rings. The lowest BCUT2D eigenvalue weighted by molar-refractivity contribution is -0.119. The van der Waals surface area contributed by atoms with E-state index in [0.717, 1.165) is 16.2 Å². The number of amides is 1. The average Bonchev–Trinajstić information content (AvgIpc) is 3.13. The van der Waals surface area contributed by atoms with Crippen molar-refractivity contribution < 1.29 is 19.1 Å². The molecular formula is C15H14ClNO4S2. The predicted molar refractivity (Wildman–Crippen MR) is 90.4 cm³/mol. The normalized spacial score (nSPS) is 11.8. The van der Waals surface area contributed by atoms with E-state index in [2.05, 4.69) is 5.32 Å². The number of ether oxygens (including phenoxy) is 1. The number of carbonyl (C=O) groups excluding carboxylic acids is 3. The van der Waals surface area contributed by atoms with Crippen molar-refractivity contribution in [2.45, 2.75) is 26.5 Å². The molecule has 2 heterocycles. The zero-order valence-electron chi connectivity index (χ0n) is 12.4. The van der Waals surface area contributed by atoms with E-state index in [1.807, 2.05) is 0 Å². The van der Waals surface area contributed by atoms with Crippen molar-refractivity contribution >= 4 is 51.9 Å². The first-order valence-corrected chi connectivity index (χ1v) is 8.71. The molecule has 2 aromatic rings. The predicted octanol–water partition coefficient (Wildman–Crippen LogP) is 3.53. The minimum atomic E-state index is -0.893. The van der Waals surface area contributed by atoms with Crippen molar-refractivity contribution in [3.05, 3.63) is 43.2 Å². The number of thiophene rings is 2. The van der Waals surface area contributed by atoms with Crippen molar-refractivity contribution in [2.24, 2.45) is 0 Å². The summed E-state index contributed by atoms with van der Waals surface area (Å²) < 4.78 is 5.66. The van der Waals surface area contributed by atoms with Gasteiger partial charge < -0.3 is 10.1 Å². The fourth-order valence-electron chi connectivity index (χ4n) is 1.71. The Kier molecular flexibility index (Phi) is 5.92. The first-order chi connectivity index (χ1) is 10.9. The zero-order valence-corrected chi connectivity index (χ0v) is 14.8. The van der Waals surface area contributed by atoms with Gasteiger partial charge in [0.2, 0.25) is 11.7 Å². The number of ketones is 1. The highest BCUT2D eigenvalue weighted by Crippen LogP contribution is 2.23. The van der Waals surface area contributed by atoms with Crippen LogP contribution in [0.4, 0.5) is 0 Å². The van der Waals surface area contributed by atoms with E-state index in [1.165, 1.54) is 25.2 Å². The zero-order chi connectivity index (χ0) is 17.0. The third kappa shape index (κ3) is 4.89. The summed E-state index contributed by atoms with van der Waals surface area (Å²) in [6, 6.07) is 6.59. The molecule has 0 aromatic carbocycles. The summed E-state index contributed by atoms with van der Waals surface area (Å²) in [7, 11) is 0. The molecule has 1 amide bonds. The number of hydrogen-bond donors (Lipinski definition) is 1. The van der Waals surface area contributed by atoms with Crippen molar-refractivity contribution in [2.75, 3.05) is 0 Å². The number of Topliss-reactive ketones (excluding diaryl/α,β-unsaturated/α-hetero) is 1. The summed E-state index contributed by atoms with van der Waals surface area (Å²) in [6.45, 7) is 3.33. The molecule has 5 nitrogen and oxygen atoms in total. The highest BCUT2D eigenvalue weighted by atomic mass is 35.5. The molecule has 1 unspecified atom stereocenters. The fraction of sp³-hybridized carbons (Fsp3) is 0.267.